The summed E-state index contributed by atoms with van der Waals surface area (Å²) in [6, 6.07) is 1.68. The number of benzene rings is 1. The van der Waals surface area contributed by atoms with Crippen molar-refractivity contribution >= 4 is 41.5 Å². The molecule has 0 amide bonds. The average molecular weight is 208 g/mol. The molecule has 0 aliphatic heterocycles. The van der Waals surface area contributed by atoms with Gasteiger partial charge in [-0.3, -0.25) is 0 Å². The molecule has 60 valence electrons. The SMILES string of the molecule is Cc1c(Cl)cc(S)c(N)c1Cl. The zero-order valence-corrected chi connectivity index (χ0v) is 8.26. The molecule has 0 atom stereocenters. The number of halogens is 2. The molecule has 0 fully saturated rings. The predicted octanol–water partition coefficient (Wildman–Crippen LogP) is 3.17. The zero-order valence-electron chi connectivity index (χ0n) is 5.86. The van der Waals surface area contributed by atoms with Crippen molar-refractivity contribution in [3.05, 3.63) is 21.7 Å². The van der Waals surface area contributed by atoms with Crippen LogP contribution in [0.25, 0.3) is 0 Å². The van der Waals surface area contributed by atoms with E-state index in [9.17, 15) is 0 Å². The standard InChI is InChI=1S/C7H7Cl2NS/c1-3-4(8)2-5(11)7(10)6(3)9/h2,11H,10H2,1H3. The lowest BCUT2D eigenvalue weighted by Crippen LogP contribution is -1.91. The Kier molecular flexibility index (Phi) is 2.58. The van der Waals surface area contributed by atoms with Gasteiger partial charge in [0.1, 0.15) is 0 Å². The van der Waals surface area contributed by atoms with Crippen LogP contribution < -0.4 is 5.73 Å². The minimum Gasteiger partial charge on any atom is -0.397 e. The summed E-state index contributed by atoms with van der Waals surface area (Å²) in [5.74, 6) is 0. The van der Waals surface area contributed by atoms with Crippen LogP contribution in [0.1, 0.15) is 5.56 Å². The van der Waals surface area contributed by atoms with Gasteiger partial charge in [0.05, 0.1) is 10.7 Å². The van der Waals surface area contributed by atoms with E-state index >= 15 is 0 Å². The van der Waals surface area contributed by atoms with Gasteiger partial charge < -0.3 is 5.73 Å². The molecule has 4 heteroatoms. The summed E-state index contributed by atoms with van der Waals surface area (Å²) in [4.78, 5) is 0.616. The first kappa shape index (κ1) is 9.04. The number of rotatable bonds is 0. The van der Waals surface area contributed by atoms with Gasteiger partial charge in [0.2, 0.25) is 0 Å². The van der Waals surface area contributed by atoms with Gasteiger partial charge in [0, 0.05) is 9.92 Å². The monoisotopic (exact) mass is 207 g/mol. The molecular formula is C7H7Cl2NS. The maximum atomic E-state index is 5.83. The molecule has 1 aromatic carbocycles. The topological polar surface area (TPSA) is 26.0 Å². The maximum absolute atomic E-state index is 5.83. The Morgan fingerprint density at radius 1 is 1.45 bits per heavy atom. The van der Waals surface area contributed by atoms with Crippen LogP contribution in [0.4, 0.5) is 5.69 Å². The fourth-order valence-electron chi connectivity index (χ4n) is 0.725. The third-order valence-corrected chi connectivity index (χ3v) is 2.71. The Hall–Kier alpha value is -0.0500. The molecule has 2 N–H and O–H groups in total. The minimum absolute atomic E-state index is 0.483. The van der Waals surface area contributed by atoms with Crippen LogP contribution >= 0.6 is 35.8 Å². The maximum Gasteiger partial charge on any atom is 0.0690 e. The Morgan fingerprint density at radius 2 is 2.00 bits per heavy atom. The van der Waals surface area contributed by atoms with Crippen LogP contribution in [0.5, 0.6) is 0 Å². The molecule has 0 unspecified atom stereocenters. The molecule has 0 saturated carbocycles. The molecule has 0 aliphatic rings. The number of anilines is 1. The van der Waals surface area contributed by atoms with Crippen molar-refractivity contribution in [3.8, 4) is 0 Å². The van der Waals surface area contributed by atoms with Crippen LogP contribution in [0, 0.1) is 6.92 Å². The fourth-order valence-corrected chi connectivity index (χ4v) is 1.56. The molecular weight excluding hydrogens is 201 g/mol. The molecule has 1 rings (SSSR count). The molecule has 11 heavy (non-hydrogen) atoms. The van der Waals surface area contributed by atoms with Crippen molar-refractivity contribution in [2.24, 2.45) is 0 Å². The lowest BCUT2D eigenvalue weighted by Gasteiger charge is -2.06. The molecule has 0 bridgehead atoms. The minimum atomic E-state index is 0.483. The Morgan fingerprint density at radius 3 is 2.55 bits per heavy atom. The van der Waals surface area contributed by atoms with E-state index in [4.69, 9.17) is 28.9 Å². The molecule has 0 saturated heterocycles. The van der Waals surface area contributed by atoms with Gasteiger partial charge in [0.15, 0.2) is 0 Å². The Bertz CT molecular complexity index is 273. The third kappa shape index (κ3) is 1.58. The first-order valence-electron chi connectivity index (χ1n) is 2.97. The second-order valence-electron chi connectivity index (χ2n) is 2.23. The summed E-state index contributed by atoms with van der Waals surface area (Å²) in [5.41, 5.74) is 6.86. The summed E-state index contributed by atoms with van der Waals surface area (Å²) in [5, 5.41) is 1.08. The summed E-state index contributed by atoms with van der Waals surface area (Å²) >= 11 is 15.7. The van der Waals surface area contributed by atoms with Crippen molar-refractivity contribution < 1.29 is 0 Å². The van der Waals surface area contributed by atoms with Crippen molar-refractivity contribution in [2.45, 2.75) is 11.8 Å². The number of hydrogen-bond acceptors (Lipinski definition) is 2. The molecule has 0 aliphatic carbocycles. The number of nitrogens with two attached hydrogens (primary N) is 1. The van der Waals surface area contributed by atoms with Gasteiger partial charge in [-0.1, -0.05) is 23.2 Å². The smallest absolute Gasteiger partial charge is 0.0690 e. The Labute approximate surface area is 80.9 Å². The van der Waals surface area contributed by atoms with Crippen LogP contribution in [-0.2, 0) is 0 Å². The average Bonchev–Trinajstić information content (AvgIpc) is 1.97. The van der Waals surface area contributed by atoms with Gasteiger partial charge in [-0.15, -0.1) is 12.6 Å². The molecule has 0 aromatic heterocycles. The van der Waals surface area contributed by atoms with Crippen molar-refractivity contribution in [1.82, 2.24) is 0 Å². The van der Waals surface area contributed by atoms with Crippen molar-refractivity contribution in [2.75, 3.05) is 5.73 Å². The van der Waals surface area contributed by atoms with Gasteiger partial charge in [-0.05, 0) is 18.6 Å². The van der Waals surface area contributed by atoms with Crippen molar-refractivity contribution in [1.29, 1.82) is 0 Å². The third-order valence-electron chi connectivity index (χ3n) is 1.46. The first-order valence-corrected chi connectivity index (χ1v) is 4.17. The predicted molar refractivity (Wildman–Crippen MR) is 52.9 cm³/mol. The normalized spacial score (nSPS) is 10.2. The van der Waals surface area contributed by atoms with Gasteiger partial charge in [-0.25, -0.2) is 0 Å². The summed E-state index contributed by atoms with van der Waals surface area (Å²) in [6.45, 7) is 1.81. The Balaban J connectivity index is 3.46. The van der Waals surface area contributed by atoms with Crippen LogP contribution in [0.3, 0.4) is 0 Å². The highest BCUT2D eigenvalue weighted by atomic mass is 35.5. The van der Waals surface area contributed by atoms with Gasteiger partial charge >= 0.3 is 0 Å². The first-order chi connectivity index (χ1) is 5.04. The van der Waals surface area contributed by atoms with E-state index in [1.54, 1.807) is 6.07 Å². The van der Waals surface area contributed by atoms with Crippen LogP contribution in [0.15, 0.2) is 11.0 Å². The second-order valence-corrected chi connectivity index (χ2v) is 3.50. The van der Waals surface area contributed by atoms with Gasteiger partial charge in [0.25, 0.3) is 0 Å². The number of nitrogen functional groups attached to an aromatic ring is 1. The van der Waals surface area contributed by atoms with E-state index in [-0.39, 0.29) is 0 Å². The zero-order chi connectivity index (χ0) is 8.59. The van der Waals surface area contributed by atoms with E-state index in [1.807, 2.05) is 6.92 Å². The summed E-state index contributed by atoms with van der Waals surface area (Å²) < 4.78 is 0. The number of thiol groups is 1. The van der Waals surface area contributed by atoms with Crippen LogP contribution in [0.2, 0.25) is 10.0 Å². The molecule has 0 heterocycles. The number of hydrogen-bond donors (Lipinski definition) is 2. The molecule has 1 aromatic rings. The van der Waals surface area contributed by atoms with Gasteiger partial charge in [-0.2, -0.15) is 0 Å². The largest absolute Gasteiger partial charge is 0.397 e. The summed E-state index contributed by atoms with van der Waals surface area (Å²) in [6.07, 6.45) is 0. The highest BCUT2D eigenvalue weighted by molar-refractivity contribution is 7.80. The lowest BCUT2D eigenvalue weighted by molar-refractivity contribution is 1.39. The summed E-state index contributed by atoms with van der Waals surface area (Å²) in [7, 11) is 0. The van der Waals surface area contributed by atoms with E-state index in [1.165, 1.54) is 0 Å². The second kappa shape index (κ2) is 3.13. The van der Waals surface area contributed by atoms with E-state index in [0.29, 0.717) is 20.6 Å². The molecule has 0 radical (unpaired) electrons. The molecule has 1 nitrogen and oxygen atoms in total. The van der Waals surface area contributed by atoms with Crippen molar-refractivity contribution in [3.63, 3.8) is 0 Å². The van der Waals surface area contributed by atoms with E-state index in [0.717, 1.165) is 5.56 Å². The quantitative estimate of drug-likeness (QED) is 0.497. The lowest BCUT2D eigenvalue weighted by atomic mass is 10.2. The highest BCUT2D eigenvalue weighted by Crippen LogP contribution is 2.33. The highest BCUT2D eigenvalue weighted by Gasteiger charge is 2.07. The van der Waals surface area contributed by atoms with E-state index < -0.39 is 0 Å². The van der Waals surface area contributed by atoms with Crippen LogP contribution in [-0.4, -0.2) is 0 Å². The van der Waals surface area contributed by atoms with E-state index in [2.05, 4.69) is 12.6 Å². The molecule has 0 spiro atoms. The fraction of sp³-hybridized carbons (Fsp3) is 0.143.